The van der Waals surface area contributed by atoms with Crippen molar-refractivity contribution >= 4 is 16.9 Å². The Morgan fingerprint density at radius 2 is 2.12 bits per heavy atom. The summed E-state index contributed by atoms with van der Waals surface area (Å²) >= 11 is 0. The summed E-state index contributed by atoms with van der Waals surface area (Å²) in [5.74, 6) is -0.585. The highest BCUT2D eigenvalue weighted by Gasteiger charge is 2.26. The van der Waals surface area contributed by atoms with Crippen LogP contribution in [0.25, 0.3) is 11.0 Å². The number of hydrogen-bond donors (Lipinski definition) is 0. The summed E-state index contributed by atoms with van der Waals surface area (Å²) in [6.07, 6.45) is 0. The molecule has 0 bridgehead atoms. The van der Waals surface area contributed by atoms with E-state index in [1.165, 1.54) is 7.11 Å². The molecule has 6 nitrogen and oxygen atoms in total. The molecule has 1 fully saturated rings. The molecule has 2 heterocycles. The monoisotopic (exact) mass is 345 g/mol. The molecule has 0 amide bonds. The van der Waals surface area contributed by atoms with E-state index >= 15 is 0 Å². The van der Waals surface area contributed by atoms with E-state index in [2.05, 4.69) is 4.90 Å². The number of ether oxygens (including phenoxy) is 2. The minimum atomic E-state index is -0.356. The van der Waals surface area contributed by atoms with Gasteiger partial charge in [0.05, 0.1) is 26.2 Å². The average Bonchev–Trinajstić information content (AvgIpc) is 2.81. The Hall–Kier alpha value is -2.18. The smallest absolute Gasteiger partial charge is 0.336 e. The van der Waals surface area contributed by atoms with Gasteiger partial charge in [-0.3, -0.25) is 9.69 Å². The summed E-state index contributed by atoms with van der Waals surface area (Å²) in [4.78, 5) is 26.0. The van der Waals surface area contributed by atoms with Crippen LogP contribution in [0.3, 0.4) is 0 Å². The molecule has 0 aliphatic carbocycles. The maximum Gasteiger partial charge on any atom is 0.336 e. The summed E-state index contributed by atoms with van der Waals surface area (Å²) < 4.78 is 15.8. The van der Waals surface area contributed by atoms with E-state index in [1.54, 1.807) is 6.07 Å². The number of hydrogen-bond acceptors (Lipinski definition) is 6. The first kappa shape index (κ1) is 17.6. The minimum Gasteiger partial charge on any atom is -0.469 e. The summed E-state index contributed by atoms with van der Waals surface area (Å²) in [6.45, 7) is 6.66. The maximum atomic E-state index is 12.0. The molecular formula is C19H23NO5. The van der Waals surface area contributed by atoms with Crippen LogP contribution in [0.1, 0.15) is 16.7 Å². The van der Waals surface area contributed by atoms with Gasteiger partial charge in [-0.1, -0.05) is 6.07 Å². The first-order valence-corrected chi connectivity index (χ1v) is 8.40. The Kier molecular flexibility index (Phi) is 5.20. The van der Waals surface area contributed by atoms with Gasteiger partial charge in [0.2, 0.25) is 0 Å². The third-order valence-corrected chi connectivity index (χ3v) is 4.54. The number of carbonyl (C=O) groups is 1. The van der Waals surface area contributed by atoms with Crippen molar-refractivity contribution in [1.29, 1.82) is 0 Å². The highest BCUT2D eigenvalue weighted by atomic mass is 16.5. The van der Waals surface area contributed by atoms with E-state index in [0.717, 1.165) is 22.1 Å². The molecule has 0 saturated carbocycles. The van der Waals surface area contributed by atoms with Gasteiger partial charge in [-0.05, 0) is 36.6 Å². The van der Waals surface area contributed by atoms with Gasteiger partial charge in [-0.2, -0.15) is 0 Å². The van der Waals surface area contributed by atoms with Gasteiger partial charge in [-0.25, -0.2) is 4.79 Å². The van der Waals surface area contributed by atoms with Crippen molar-refractivity contribution in [3.8, 4) is 0 Å². The van der Waals surface area contributed by atoms with Crippen LogP contribution < -0.4 is 5.63 Å². The van der Waals surface area contributed by atoms with Gasteiger partial charge in [0.25, 0.3) is 0 Å². The lowest BCUT2D eigenvalue weighted by molar-refractivity contribution is -0.147. The first-order valence-electron chi connectivity index (χ1n) is 8.40. The number of carbonyl (C=O) groups excluding carboxylic acids is 1. The van der Waals surface area contributed by atoms with E-state index in [0.29, 0.717) is 38.4 Å². The van der Waals surface area contributed by atoms with Crippen LogP contribution in [0.15, 0.2) is 27.4 Å². The van der Waals surface area contributed by atoms with Crippen molar-refractivity contribution in [2.24, 2.45) is 5.92 Å². The van der Waals surface area contributed by atoms with Crippen molar-refractivity contribution in [3.05, 3.63) is 45.3 Å². The Balaban J connectivity index is 1.94. The minimum absolute atomic E-state index is 0.268. The Morgan fingerprint density at radius 1 is 1.32 bits per heavy atom. The Morgan fingerprint density at radius 3 is 2.88 bits per heavy atom. The zero-order valence-electron chi connectivity index (χ0n) is 14.8. The molecule has 0 N–H and O–H groups in total. The zero-order valence-corrected chi connectivity index (χ0v) is 14.8. The summed E-state index contributed by atoms with van der Waals surface area (Å²) in [5, 5.41) is 0.942. The maximum absolute atomic E-state index is 12.0. The Labute approximate surface area is 146 Å². The number of nitrogens with zero attached hydrogens (tertiary/aromatic N) is 1. The number of fused-ring (bicyclic) bond motifs is 1. The standard InChI is InChI=1S/C19H23NO5/c1-12-6-13(2)18-16(7-12)14(8-17(21)25-18)9-20-4-5-24-11-15(10-20)19(22)23-3/h6-8,15H,4-5,9-11H2,1-3H3. The molecule has 1 atom stereocenters. The molecule has 3 rings (SSSR count). The lowest BCUT2D eigenvalue weighted by atomic mass is 10.0. The van der Waals surface area contributed by atoms with E-state index in [4.69, 9.17) is 13.9 Å². The molecule has 0 spiro atoms. The number of methoxy groups -OCH3 is 1. The van der Waals surface area contributed by atoms with Gasteiger partial charge in [0.1, 0.15) is 5.58 Å². The number of benzene rings is 1. The molecule has 25 heavy (non-hydrogen) atoms. The fourth-order valence-electron chi connectivity index (χ4n) is 3.38. The normalized spacial score (nSPS) is 18.9. The van der Waals surface area contributed by atoms with Gasteiger partial charge >= 0.3 is 11.6 Å². The fraction of sp³-hybridized carbons (Fsp3) is 0.474. The van der Waals surface area contributed by atoms with Crippen LogP contribution >= 0.6 is 0 Å². The predicted octanol–water partition coefficient (Wildman–Crippen LogP) is 2.03. The third kappa shape index (κ3) is 3.91. The van der Waals surface area contributed by atoms with E-state index in [9.17, 15) is 9.59 Å². The SMILES string of the molecule is COC(=O)C1COCCN(Cc2cc(=O)oc3c(C)cc(C)cc23)C1. The van der Waals surface area contributed by atoms with Crippen molar-refractivity contribution in [3.63, 3.8) is 0 Å². The van der Waals surface area contributed by atoms with Gasteiger partial charge < -0.3 is 13.9 Å². The van der Waals surface area contributed by atoms with E-state index in [-0.39, 0.29) is 17.5 Å². The highest BCUT2D eigenvalue weighted by molar-refractivity contribution is 5.83. The van der Waals surface area contributed by atoms with Crippen molar-refractivity contribution < 1.29 is 18.7 Å². The third-order valence-electron chi connectivity index (χ3n) is 4.54. The number of rotatable bonds is 3. The lowest BCUT2D eigenvalue weighted by Crippen LogP contribution is -2.34. The van der Waals surface area contributed by atoms with Gasteiger partial charge in [0, 0.05) is 31.1 Å². The van der Waals surface area contributed by atoms with Gasteiger partial charge in [0.15, 0.2) is 0 Å². The Bertz CT molecular complexity index is 842. The lowest BCUT2D eigenvalue weighted by Gasteiger charge is -2.22. The van der Waals surface area contributed by atoms with Crippen LogP contribution in [0.4, 0.5) is 0 Å². The first-order chi connectivity index (χ1) is 12.0. The van der Waals surface area contributed by atoms with Crippen LogP contribution in [0.5, 0.6) is 0 Å². The molecule has 1 aromatic heterocycles. The fourth-order valence-corrected chi connectivity index (χ4v) is 3.38. The molecule has 1 unspecified atom stereocenters. The molecule has 1 aliphatic rings. The highest BCUT2D eigenvalue weighted by Crippen LogP contribution is 2.24. The molecular weight excluding hydrogens is 322 g/mol. The largest absolute Gasteiger partial charge is 0.469 e. The summed E-state index contributed by atoms with van der Waals surface area (Å²) in [7, 11) is 1.39. The molecule has 2 aromatic rings. The van der Waals surface area contributed by atoms with Gasteiger partial charge in [-0.15, -0.1) is 0 Å². The van der Waals surface area contributed by atoms with Crippen LogP contribution in [0, 0.1) is 19.8 Å². The zero-order chi connectivity index (χ0) is 18.0. The topological polar surface area (TPSA) is 69.0 Å². The number of aryl methyl sites for hydroxylation is 2. The summed E-state index contributed by atoms with van der Waals surface area (Å²) in [6, 6.07) is 5.58. The molecule has 1 aromatic carbocycles. The van der Waals surface area contributed by atoms with Crippen LogP contribution in [-0.2, 0) is 20.8 Å². The predicted molar refractivity (Wildman–Crippen MR) is 93.6 cm³/mol. The second-order valence-corrected chi connectivity index (χ2v) is 6.58. The summed E-state index contributed by atoms with van der Waals surface area (Å²) in [5.41, 5.74) is 3.24. The van der Waals surface area contributed by atoms with Crippen molar-refractivity contribution in [2.45, 2.75) is 20.4 Å². The molecule has 1 saturated heterocycles. The quantitative estimate of drug-likeness (QED) is 0.626. The van der Waals surface area contributed by atoms with E-state index in [1.807, 2.05) is 26.0 Å². The molecule has 1 aliphatic heterocycles. The van der Waals surface area contributed by atoms with Crippen molar-refractivity contribution in [2.75, 3.05) is 33.4 Å². The average molecular weight is 345 g/mol. The molecule has 0 radical (unpaired) electrons. The van der Waals surface area contributed by atoms with Crippen LogP contribution in [-0.4, -0.2) is 44.3 Å². The van der Waals surface area contributed by atoms with E-state index < -0.39 is 0 Å². The number of esters is 1. The molecule has 6 heteroatoms. The van der Waals surface area contributed by atoms with Crippen molar-refractivity contribution in [1.82, 2.24) is 4.90 Å². The molecule has 134 valence electrons. The second kappa shape index (κ2) is 7.37. The second-order valence-electron chi connectivity index (χ2n) is 6.58. The van der Waals surface area contributed by atoms with Crippen LogP contribution in [0.2, 0.25) is 0 Å².